The van der Waals surface area contributed by atoms with Crippen molar-refractivity contribution < 1.29 is 24.2 Å². The first-order valence-corrected chi connectivity index (χ1v) is 14.1. The normalized spacial score (nSPS) is 11.7. The van der Waals surface area contributed by atoms with Crippen LogP contribution in [-0.2, 0) is 13.0 Å². The third-order valence-electron chi connectivity index (χ3n) is 6.90. The summed E-state index contributed by atoms with van der Waals surface area (Å²) in [6, 6.07) is 23.5. The van der Waals surface area contributed by atoms with E-state index in [1.165, 1.54) is 44.1 Å². The number of unbranched alkanes of at least 4 members (excludes halogenated alkanes) is 5. The number of carboxylic acids is 1. The number of ether oxygens (including phenoxy) is 2. The van der Waals surface area contributed by atoms with Crippen LogP contribution >= 0.6 is 0 Å². The third-order valence-corrected chi connectivity index (χ3v) is 6.90. The van der Waals surface area contributed by atoms with Crippen LogP contribution in [-0.4, -0.2) is 34.4 Å². The second-order valence-electron chi connectivity index (χ2n) is 10.1. The summed E-state index contributed by atoms with van der Waals surface area (Å²) in [5, 5.41) is 13.0. The minimum Gasteiger partial charge on any atom is -0.491 e. The van der Waals surface area contributed by atoms with Gasteiger partial charge in [-0.1, -0.05) is 69.4 Å². The number of nitrogens with one attached hydrogen (secondary N) is 1. The van der Waals surface area contributed by atoms with E-state index in [1.54, 1.807) is 42.5 Å². The van der Waals surface area contributed by atoms with Crippen molar-refractivity contribution >= 4 is 23.0 Å². The standard InChI is InChI=1S/C33H38N2O5/c1-2-3-4-5-6-8-11-25-14-17-29(18-15-25)39-24-28(34-33(38)40-30-12-9-7-10-13-30)23-35-21-20-26-22-27(32(36)37)16-19-31(26)35/h7,9-10,12-22,28H,2-6,8,11,23-24H2,1H3,(H,34,38)(H,36,37). The van der Waals surface area contributed by atoms with Crippen LogP contribution in [0.2, 0.25) is 0 Å². The molecule has 0 saturated carbocycles. The number of nitrogens with zero attached hydrogens (tertiary/aromatic N) is 1. The number of aryl methyl sites for hydroxylation is 1. The highest BCUT2D eigenvalue weighted by Gasteiger charge is 2.17. The molecule has 1 aromatic heterocycles. The van der Waals surface area contributed by atoms with Gasteiger partial charge in [0, 0.05) is 23.6 Å². The van der Waals surface area contributed by atoms with Gasteiger partial charge >= 0.3 is 12.1 Å². The molecule has 1 unspecified atom stereocenters. The van der Waals surface area contributed by atoms with Crippen molar-refractivity contribution in [1.82, 2.24) is 9.88 Å². The van der Waals surface area contributed by atoms with Crippen molar-refractivity contribution in [3.8, 4) is 11.5 Å². The van der Waals surface area contributed by atoms with Crippen molar-refractivity contribution in [2.45, 2.75) is 64.5 Å². The Balaban J connectivity index is 1.38. The molecule has 4 aromatic rings. The molecular weight excluding hydrogens is 504 g/mol. The highest BCUT2D eigenvalue weighted by atomic mass is 16.6. The van der Waals surface area contributed by atoms with Crippen LogP contribution in [0.1, 0.15) is 61.4 Å². The fourth-order valence-corrected chi connectivity index (χ4v) is 4.72. The number of rotatable bonds is 15. The predicted octanol–water partition coefficient (Wildman–Crippen LogP) is 7.48. The number of para-hydroxylation sites is 1. The Morgan fingerprint density at radius 1 is 0.875 bits per heavy atom. The van der Waals surface area contributed by atoms with Crippen LogP contribution in [0.4, 0.5) is 4.79 Å². The lowest BCUT2D eigenvalue weighted by atomic mass is 10.0. The minimum absolute atomic E-state index is 0.230. The molecule has 0 saturated heterocycles. The van der Waals surface area contributed by atoms with Crippen LogP contribution in [0.3, 0.4) is 0 Å². The minimum atomic E-state index is -0.968. The number of aromatic carboxylic acids is 1. The molecule has 210 valence electrons. The number of aromatic nitrogens is 1. The van der Waals surface area contributed by atoms with Gasteiger partial charge in [-0.25, -0.2) is 9.59 Å². The zero-order valence-corrected chi connectivity index (χ0v) is 23.1. The number of benzene rings is 3. The average molecular weight is 543 g/mol. The van der Waals surface area contributed by atoms with Gasteiger partial charge in [-0.3, -0.25) is 0 Å². The maximum Gasteiger partial charge on any atom is 0.413 e. The van der Waals surface area contributed by atoms with E-state index in [2.05, 4.69) is 24.4 Å². The lowest BCUT2D eigenvalue weighted by Crippen LogP contribution is -2.43. The maximum atomic E-state index is 12.7. The van der Waals surface area contributed by atoms with Gasteiger partial charge in [-0.15, -0.1) is 0 Å². The topological polar surface area (TPSA) is 89.8 Å². The summed E-state index contributed by atoms with van der Waals surface area (Å²) >= 11 is 0. The molecule has 0 radical (unpaired) electrons. The molecule has 1 amide bonds. The summed E-state index contributed by atoms with van der Waals surface area (Å²) in [4.78, 5) is 24.1. The fourth-order valence-electron chi connectivity index (χ4n) is 4.72. The Morgan fingerprint density at radius 3 is 2.38 bits per heavy atom. The van der Waals surface area contributed by atoms with Gasteiger partial charge in [0.05, 0.1) is 11.6 Å². The molecule has 1 atom stereocenters. The second kappa shape index (κ2) is 14.8. The van der Waals surface area contributed by atoms with Crippen LogP contribution in [0.5, 0.6) is 11.5 Å². The molecule has 0 aliphatic rings. The van der Waals surface area contributed by atoms with Crippen LogP contribution < -0.4 is 14.8 Å². The Bertz CT molecular complexity index is 1360. The van der Waals surface area contributed by atoms with Crippen LogP contribution in [0.15, 0.2) is 85.1 Å². The molecule has 0 aliphatic heterocycles. The smallest absolute Gasteiger partial charge is 0.413 e. The average Bonchev–Trinajstić information content (AvgIpc) is 3.36. The van der Waals surface area contributed by atoms with Gasteiger partial charge in [-0.05, 0) is 66.9 Å². The van der Waals surface area contributed by atoms with E-state index in [0.717, 1.165) is 23.1 Å². The molecule has 0 bridgehead atoms. The number of hydrogen-bond acceptors (Lipinski definition) is 4. The van der Waals surface area contributed by atoms with Gasteiger partial charge < -0.3 is 24.5 Å². The van der Waals surface area contributed by atoms with Crippen molar-refractivity contribution in [2.75, 3.05) is 6.61 Å². The molecule has 40 heavy (non-hydrogen) atoms. The van der Waals surface area contributed by atoms with Gasteiger partial charge in [0.2, 0.25) is 0 Å². The van der Waals surface area contributed by atoms with Crippen molar-refractivity contribution in [3.05, 3.63) is 96.2 Å². The molecule has 0 aliphatic carbocycles. The molecular formula is C33H38N2O5. The van der Waals surface area contributed by atoms with E-state index in [1.807, 2.05) is 35.0 Å². The summed E-state index contributed by atoms with van der Waals surface area (Å²) in [5.74, 6) is 0.218. The quantitative estimate of drug-likeness (QED) is 0.152. The van der Waals surface area contributed by atoms with E-state index < -0.39 is 18.1 Å². The monoisotopic (exact) mass is 542 g/mol. The Hall–Kier alpha value is -4.26. The van der Waals surface area contributed by atoms with E-state index in [9.17, 15) is 14.7 Å². The lowest BCUT2D eigenvalue weighted by molar-refractivity contribution is 0.0697. The van der Waals surface area contributed by atoms with E-state index in [-0.39, 0.29) is 12.2 Å². The largest absolute Gasteiger partial charge is 0.491 e. The lowest BCUT2D eigenvalue weighted by Gasteiger charge is -2.20. The predicted molar refractivity (Wildman–Crippen MR) is 157 cm³/mol. The number of amides is 1. The Kier molecular flexibility index (Phi) is 10.6. The first-order valence-electron chi connectivity index (χ1n) is 14.1. The Morgan fingerprint density at radius 2 is 1.62 bits per heavy atom. The number of fused-ring (bicyclic) bond motifs is 1. The van der Waals surface area contributed by atoms with Gasteiger partial charge in [0.25, 0.3) is 0 Å². The molecule has 0 spiro atoms. The van der Waals surface area contributed by atoms with Crippen molar-refractivity contribution in [3.63, 3.8) is 0 Å². The van der Waals surface area contributed by atoms with Gasteiger partial charge in [0.1, 0.15) is 18.1 Å². The summed E-state index contributed by atoms with van der Waals surface area (Å²) in [6.45, 7) is 2.88. The summed E-state index contributed by atoms with van der Waals surface area (Å²) in [6.07, 6.45) is 10.0. The first kappa shape index (κ1) is 28.7. The second-order valence-corrected chi connectivity index (χ2v) is 10.1. The molecule has 0 fully saturated rings. The molecule has 4 rings (SSSR count). The number of carbonyl (C=O) groups excluding carboxylic acids is 1. The van der Waals surface area contributed by atoms with Gasteiger partial charge in [-0.2, -0.15) is 0 Å². The third kappa shape index (κ3) is 8.63. The molecule has 2 N–H and O–H groups in total. The zero-order chi connectivity index (χ0) is 28.2. The number of hydrogen-bond donors (Lipinski definition) is 2. The Labute approximate surface area is 235 Å². The SMILES string of the molecule is CCCCCCCCc1ccc(OCC(Cn2ccc3cc(C(=O)O)ccc32)NC(=O)Oc2ccccc2)cc1. The van der Waals surface area contributed by atoms with Crippen LogP contribution in [0, 0.1) is 0 Å². The first-order chi connectivity index (χ1) is 19.5. The van der Waals surface area contributed by atoms with E-state index >= 15 is 0 Å². The highest BCUT2D eigenvalue weighted by Crippen LogP contribution is 2.20. The molecule has 7 nitrogen and oxygen atoms in total. The summed E-state index contributed by atoms with van der Waals surface area (Å²) in [5.41, 5.74) is 2.39. The van der Waals surface area contributed by atoms with E-state index in [4.69, 9.17) is 9.47 Å². The van der Waals surface area contributed by atoms with Crippen molar-refractivity contribution in [1.29, 1.82) is 0 Å². The van der Waals surface area contributed by atoms with Crippen LogP contribution in [0.25, 0.3) is 10.9 Å². The zero-order valence-electron chi connectivity index (χ0n) is 23.1. The fraction of sp³-hybridized carbons (Fsp3) is 0.333. The van der Waals surface area contributed by atoms with Gasteiger partial charge in [0.15, 0.2) is 0 Å². The summed E-state index contributed by atoms with van der Waals surface area (Å²) in [7, 11) is 0. The summed E-state index contributed by atoms with van der Waals surface area (Å²) < 4.78 is 13.5. The molecule has 7 heteroatoms. The van der Waals surface area contributed by atoms with Crippen molar-refractivity contribution in [2.24, 2.45) is 0 Å². The maximum absolute atomic E-state index is 12.7. The molecule has 1 heterocycles. The highest BCUT2D eigenvalue weighted by molar-refractivity contribution is 5.93. The number of carboxylic acid groups (broad SMARTS) is 1. The number of carbonyl (C=O) groups is 2. The molecule has 3 aromatic carbocycles. The van der Waals surface area contributed by atoms with E-state index in [0.29, 0.717) is 12.3 Å².